The van der Waals surface area contributed by atoms with Crippen molar-refractivity contribution in [1.29, 1.82) is 0 Å². The van der Waals surface area contributed by atoms with Gasteiger partial charge in [-0.1, -0.05) is 39.0 Å². The van der Waals surface area contributed by atoms with Gasteiger partial charge in [0.2, 0.25) is 0 Å². The second-order valence-electron chi connectivity index (χ2n) is 5.51. The van der Waals surface area contributed by atoms with Crippen LogP contribution in [-0.2, 0) is 6.42 Å². The first-order valence-electron chi connectivity index (χ1n) is 7.08. The SMILES string of the molecule is CCCNC1CCCc2ccc(C(C)C)cc21. The molecule has 0 radical (unpaired) electrons. The number of benzene rings is 1. The zero-order valence-corrected chi connectivity index (χ0v) is 11.4. The third-order valence-electron chi connectivity index (χ3n) is 3.79. The van der Waals surface area contributed by atoms with Crippen molar-refractivity contribution in [2.24, 2.45) is 0 Å². The van der Waals surface area contributed by atoms with E-state index in [2.05, 4.69) is 44.3 Å². The molecule has 1 atom stereocenters. The first-order chi connectivity index (χ1) is 8.22. The van der Waals surface area contributed by atoms with E-state index in [-0.39, 0.29) is 0 Å². The summed E-state index contributed by atoms with van der Waals surface area (Å²) in [5, 5.41) is 3.69. The van der Waals surface area contributed by atoms with Crippen LogP contribution in [0.2, 0.25) is 0 Å². The van der Waals surface area contributed by atoms with Crippen LogP contribution in [0, 0.1) is 0 Å². The van der Waals surface area contributed by atoms with E-state index in [0.717, 1.165) is 6.54 Å². The fourth-order valence-electron chi connectivity index (χ4n) is 2.71. The predicted molar refractivity (Wildman–Crippen MR) is 74.5 cm³/mol. The van der Waals surface area contributed by atoms with E-state index >= 15 is 0 Å². The summed E-state index contributed by atoms with van der Waals surface area (Å²) >= 11 is 0. The van der Waals surface area contributed by atoms with Crippen LogP contribution in [0.3, 0.4) is 0 Å². The number of rotatable bonds is 4. The Labute approximate surface area is 106 Å². The van der Waals surface area contributed by atoms with Gasteiger partial charge in [-0.3, -0.25) is 0 Å². The molecular formula is C16H25N. The van der Waals surface area contributed by atoms with Crippen LogP contribution in [-0.4, -0.2) is 6.54 Å². The zero-order chi connectivity index (χ0) is 12.3. The Kier molecular flexibility index (Phi) is 4.22. The van der Waals surface area contributed by atoms with Crippen molar-refractivity contribution in [2.75, 3.05) is 6.54 Å². The Balaban J connectivity index is 2.24. The molecule has 0 fully saturated rings. The molecule has 0 saturated heterocycles. The van der Waals surface area contributed by atoms with Gasteiger partial charge in [0, 0.05) is 6.04 Å². The Bertz CT molecular complexity index is 368. The molecule has 0 amide bonds. The van der Waals surface area contributed by atoms with Crippen molar-refractivity contribution >= 4 is 0 Å². The van der Waals surface area contributed by atoms with Crippen LogP contribution in [0.25, 0.3) is 0 Å². The van der Waals surface area contributed by atoms with Crippen molar-refractivity contribution in [2.45, 2.75) is 58.4 Å². The lowest BCUT2D eigenvalue weighted by atomic mass is 9.85. The van der Waals surface area contributed by atoms with Gasteiger partial charge < -0.3 is 5.32 Å². The molecule has 0 heterocycles. The summed E-state index contributed by atoms with van der Waals surface area (Å²) in [4.78, 5) is 0. The maximum Gasteiger partial charge on any atom is 0.0323 e. The molecule has 1 nitrogen and oxygen atoms in total. The molecule has 94 valence electrons. The first-order valence-corrected chi connectivity index (χ1v) is 7.08. The maximum atomic E-state index is 3.69. The van der Waals surface area contributed by atoms with Crippen LogP contribution in [0.1, 0.15) is 68.7 Å². The maximum absolute atomic E-state index is 3.69. The molecule has 0 spiro atoms. The van der Waals surface area contributed by atoms with E-state index in [1.54, 1.807) is 11.1 Å². The van der Waals surface area contributed by atoms with Gasteiger partial charge in [0.15, 0.2) is 0 Å². The molecule has 2 rings (SSSR count). The number of hydrogen-bond acceptors (Lipinski definition) is 1. The Morgan fingerprint density at radius 3 is 2.88 bits per heavy atom. The Morgan fingerprint density at radius 1 is 1.35 bits per heavy atom. The lowest BCUT2D eigenvalue weighted by Crippen LogP contribution is -2.26. The smallest absolute Gasteiger partial charge is 0.0323 e. The molecule has 1 N–H and O–H groups in total. The lowest BCUT2D eigenvalue weighted by molar-refractivity contribution is 0.460. The van der Waals surface area contributed by atoms with Gasteiger partial charge in [0.05, 0.1) is 0 Å². The molecule has 1 unspecified atom stereocenters. The van der Waals surface area contributed by atoms with Gasteiger partial charge >= 0.3 is 0 Å². The number of aryl methyl sites for hydroxylation is 1. The van der Waals surface area contributed by atoms with E-state index in [1.807, 2.05) is 0 Å². The third kappa shape index (κ3) is 2.90. The minimum absolute atomic E-state index is 0.595. The normalized spacial score (nSPS) is 19.4. The second-order valence-corrected chi connectivity index (χ2v) is 5.51. The molecule has 0 aliphatic heterocycles. The van der Waals surface area contributed by atoms with E-state index in [1.165, 1.54) is 31.2 Å². The molecule has 1 aromatic carbocycles. The molecule has 1 aliphatic carbocycles. The van der Waals surface area contributed by atoms with Crippen molar-refractivity contribution in [3.05, 3.63) is 34.9 Å². The van der Waals surface area contributed by atoms with Crippen molar-refractivity contribution in [3.63, 3.8) is 0 Å². The number of fused-ring (bicyclic) bond motifs is 1. The van der Waals surface area contributed by atoms with Crippen molar-refractivity contribution < 1.29 is 0 Å². The van der Waals surface area contributed by atoms with Gasteiger partial charge in [0.25, 0.3) is 0 Å². The van der Waals surface area contributed by atoms with E-state index in [0.29, 0.717) is 12.0 Å². The topological polar surface area (TPSA) is 12.0 Å². The second kappa shape index (κ2) is 5.68. The Morgan fingerprint density at radius 2 is 2.18 bits per heavy atom. The summed E-state index contributed by atoms with van der Waals surface area (Å²) in [6.07, 6.45) is 5.11. The quantitative estimate of drug-likeness (QED) is 0.819. The summed E-state index contributed by atoms with van der Waals surface area (Å²) < 4.78 is 0. The standard InChI is InChI=1S/C16H25N/c1-4-10-17-16-7-5-6-13-8-9-14(12(2)3)11-15(13)16/h8-9,11-12,16-17H,4-7,10H2,1-3H3. The average molecular weight is 231 g/mol. The number of nitrogens with one attached hydrogen (secondary N) is 1. The highest BCUT2D eigenvalue weighted by molar-refractivity contribution is 5.37. The molecule has 0 saturated carbocycles. The predicted octanol–water partition coefficient (Wildman–Crippen LogP) is 4.19. The minimum Gasteiger partial charge on any atom is -0.310 e. The molecule has 1 aliphatic rings. The van der Waals surface area contributed by atoms with Gasteiger partial charge in [-0.15, -0.1) is 0 Å². The molecule has 17 heavy (non-hydrogen) atoms. The monoisotopic (exact) mass is 231 g/mol. The molecule has 0 aromatic heterocycles. The van der Waals surface area contributed by atoms with Crippen LogP contribution in [0.4, 0.5) is 0 Å². The fourth-order valence-corrected chi connectivity index (χ4v) is 2.71. The molecular weight excluding hydrogens is 206 g/mol. The van der Waals surface area contributed by atoms with Crippen molar-refractivity contribution in [3.8, 4) is 0 Å². The van der Waals surface area contributed by atoms with Crippen LogP contribution in [0.5, 0.6) is 0 Å². The lowest BCUT2D eigenvalue weighted by Gasteiger charge is -2.27. The van der Waals surface area contributed by atoms with Gasteiger partial charge in [-0.25, -0.2) is 0 Å². The van der Waals surface area contributed by atoms with Crippen molar-refractivity contribution in [1.82, 2.24) is 5.32 Å². The zero-order valence-electron chi connectivity index (χ0n) is 11.4. The summed E-state index contributed by atoms with van der Waals surface area (Å²) in [6, 6.07) is 7.69. The van der Waals surface area contributed by atoms with Gasteiger partial charge in [-0.05, 0) is 54.8 Å². The molecule has 0 bridgehead atoms. The first kappa shape index (κ1) is 12.6. The highest BCUT2D eigenvalue weighted by Gasteiger charge is 2.19. The molecule has 1 aromatic rings. The van der Waals surface area contributed by atoms with E-state index < -0.39 is 0 Å². The van der Waals surface area contributed by atoms with Crippen LogP contribution in [0.15, 0.2) is 18.2 Å². The Hall–Kier alpha value is -0.820. The van der Waals surface area contributed by atoms with Crippen LogP contribution < -0.4 is 5.32 Å². The summed E-state index contributed by atoms with van der Waals surface area (Å²) in [6.45, 7) is 7.93. The largest absolute Gasteiger partial charge is 0.310 e. The van der Waals surface area contributed by atoms with E-state index in [9.17, 15) is 0 Å². The summed E-state index contributed by atoms with van der Waals surface area (Å²) in [5.74, 6) is 0.633. The van der Waals surface area contributed by atoms with E-state index in [4.69, 9.17) is 0 Å². The highest BCUT2D eigenvalue weighted by atomic mass is 14.9. The minimum atomic E-state index is 0.595. The van der Waals surface area contributed by atoms with Crippen LogP contribution >= 0.6 is 0 Å². The third-order valence-corrected chi connectivity index (χ3v) is 3.79. The average Bonchev–Trinajstić information content (AvgIpc) is 2.35. The summed E-state index contributed by atoms with van der Waals surface area (Å²) in [7, 11) is 0. The number of hydrogen-bond donors (Lipinski definition) is 1. The van der Waals surface area contributed by atoms with Gasteiger partial charge in [-0.2, -0.15) is 0 Å². The highest BCUT2D eigenvalue weighted by Crippen LogP contribution is 2.32. The summed E-state index contributed by atoms with van der Waals surface area (Å²) in [5.41, 5.74) is 4.61. The fraction of sp³-hybridized carbons (Fsp3) is 0.625. The van der Waals surface area contributed by atoms with Gasteiger partial charge in [0.1, 0.15) is 0 Å². The molecule has 1 heteroatoms.